The van der Waals surface area contributed by atoms with Crippen LogP contribution in [0.25, 0.3) is 0 Å². The maximum absolute atomic E-state index is 10.9. The first kappa shape index (κ1) is 11.5. The van der Waals surface area contributed by atoms with Crippen molar-refractivity contribution in [3.05, 3.63) is 29.8 Å². The molecule has 0 spiro atoms. The molecule has 6 heteroatoms. The van der Waals surface area contributed by atoms with Crippen molar-refractivity contribution in [3.63, 3.8) is 0 Å². The predicted octanol–water partition coefficient (Wildman–Crippen LogP) is 0.311. The van der Waals surface area contributed by atoms with Gasteiger partial charge in [-0.05, 0) is 24.1 Å². The molecule has 0 bridgehead atoms. The second-order valence-corrected chi connectivity index (χ2v) is 4.72. The number of nitrogens with two attached hydrogens (primary N) is 1. The van der Waals surface area contributed by atoms with Crippen molar-refractivity contribution in [2.45, 2.75) is 11.3 Å². The number of hydrogen-bond donors (Lipinski definition) is 3. The van der Waals surface area contributed by atoms with E-state index in [4.69, 9.17) is 5.14 Å². The average Bonchev–Trinajstić information content (AvgIpc) is 2.14. The van der Waals surface area contributed by atoms with E-state index in [2.05, 4.69) is 17.5 Å². The lowest BCUT2D eigenvalue weighted by Crippen LogP contribution is -2.12. The van der Waals surface area contributed by atoms with Crippen LogP contribution in [0.4, 0.5) is 0 Å². The van der Waals surface area contributed by atoms with Crippen molar-refractivity contribution in [2.24, 2.45) is 5.14 Å². The lowest BCUT2D eigenvalue weighted by atomic mass is 10.2. The van der Waals surface area contributed by atoms with E-state index in [-0.39, 0.29) is 4.90 Å². The van der Waals surface area contributed by atoms with E-state index in [1.54, 1.807) is 12.1 Å². The summed E-state index contributed by atoms with van der Waals surface area (Å²) >= 11 is 3.85. The lowest BCUT2D eigenvalue weighted by Gasteiger charge is -2.01. The Hall–Kier alpha value is -0.560. The van der Waals surface area contributed by atoms with Gasteiger partial charge in [-0.15, -0.1) is 0 Å². The van der Waals surface area contributed by atoms with Crippen LogP contribution in [-0.2, 0) is 16.4 Å². The molecule has 0 saturated heterocycles. The minimum atomic E-state index is -3.57. The molecule has 4 nitrogen and oxygen atoms in total. The zero-order valence-corrected chi connectivity index (χ0v) is 9.18. The summed E-state index contributed by atoms with van der Waals surface area (Å²) in [5, 5.41) is 4.95. The molecule has 1 rings (SSSR count). The molecule has 78 valence electrons. The smallest absolute Gasteiger partial charge is 0.238 e. The fourth-order valence-corrected chi connectivity index (χ4v) is 1.67. The number of benzene rings is 1. The molecule has 0 saturated carbocycles. The van der Waals surface area contributed by atoms with Crippen molar-refractivity contribution < 1.29 is 8.42 Å². The summed E-state index contributed by atoms with van der Waals surface area (Å²) in [4.78, 5) is 0.139. The van der Waals surface area contributed by atoms with Crippen LogP contribution in [0.3, 0.4) is 0 Å². The van der Waals surface area contributed by atoms with Crippen molar-refractivity contribution in [1.82, 2.24) is 4.72 Å². The topological polar surface area (TPSA) is 72.2 Å². The molecule has 1 aromatic rings. The van der Waals surface area contributed by atoms with Crippen LogP contribution < -0.4 is 9.86 Å². The predicted molar refractivity (Wildman–Crippen MR) is 58.5 cm³/mol. The van der Waals surface area contributed by atoms with Gasteiger partial charge in [-0.25, -0.2) is 13.6 Å². The number of nitrogens with one attached hydrogen (secondary N) is 1. The highest BCUT2D eigenvalue weighted by Crippen LogP contribution is 2.08. The molecule has 14 heavy (non-hydrogen) atoms. The summed E-state index contributed by atoms with van der Waals surface area (Å²) in [5.74, 6) is 0. The molecule has 1 aromatic carbocycles. The van der Waals surface area contributed by atoms with Crippen molar-refractivity contribution >= 4 is 22.8 Å². The van der Waals surface area contributed by atoms with Gasteiger partial charge in [0.1, 0.15) is 0 Å². The molecule has 0 atom stereocenters. The number of hydrogen-bond acceptors (Lipinski definition) is 4. The molecule has 0 unspecified atom stereocenters. The van der Waals surface area contributed by atoms with Gasteiger partial charge in [0.2, 0.25) is 10.0 Å². The van der Waals surface area contributed by atoms with Gasteiger partial charge >= 0.3 is 0 Å². The molecule has 0 heterocycles. The summed E-state index contributed by atoms with van der Waals surface area (Å²) in [5.41, 5.74) is 1.04. The third kappa shape index (κ3) is 3.30. The summed E-state index contributed by atoms with van der Waals surface area (Å²) in [6.45, 7) is 0.734. The maximum Gasteiger partial charge on any atom is 0.238 e. The molecular weight excluding hydrogens is 220 g/mol. The highest BCUT2D eigenvalue weighted by Gasteiger charge is 2.05. The minimum absolute atomic E-state index is 0.139. The van der Waals surface area contributed by atoms with Gasteiger partial charge in [-0.2, -0.15) is 0 Å². The zero-order chi connectivity index (χ0) is 10.6. The Kier molecular flexibility index (Phi) is 3.94. The van der Waals surface area contributed by atoms with Crippen LogP contribution in [0.15, 0.2) is 29.2 Å². The number of primary sulfonamides is 1. The lowest BCUT2D eigenvalue weighted by molar-refractivity contribution is 0.598. The van der Waals surface area contributed by atoms with Gasteiger partial charge < -0.3 is 0 Å². The molecule has 0 aliphatic heterocycles. The molecule has 0 amide bonds. The minimum Gasteiger partial charge on any atom is -0.266 e. The van der Waals surface area contributed by atoms with Gasteiger partial charge in [0.05, 0.1) is 4.90 Å². The van der Waals surface area contributed by atoms with Crippen LogP contribution in [0, 0.1) is 0 Å². The normalized spacial score (nSPS) is 11.6. The standard InChI is InChI=1S/C8H12N2O2S2/c9-14(11,12)8-3-1-7(2-4-8)5-6-10-13/h1-4,10,13H,5-6H2,(H2,9,11,12). The summed E-state index contributed by atoms with van der Waals surface area (Å²) in [6, 6.07) is 6.49. The Balaban J connectivity index is 2.79. The van der Waals surface area contributed by atoms with Crippen LogP contribution in [0.1, 0.15) is 5.56 Å². The summed E-state index contributed by atoms with van der Waals surface area (Å²) in [6.07, 6.45) is 0.800. The average molecular weight is 232 g/mol. The highest BCUT2D eigenvalue weighted by atomic mass is 32.2. The van der Waals surface area contributed by atoms with E-state index in [0.717, 1.165) is 18.5 Å². The molecule has 0 aliphatic rings. The van der Waals surface area contributed by atoms with Gasteiger partial charge in [-0.1, -0.05) is 24.9 Å². The third-order valence-electron chi connectivity index (χ3n) is 1.78. The van der Waals surface area contributed by atoms with Crippen molar-refractivity contribution in [3.8, 4) is 0 Å². The Morgan fingerprint density at radius 1 is 1.29 bits per heavy atom. The van der Waals surface area contributed by atoms with E-state index in [0.29, 0.717) is 0 Å². The van der Waals surface area contributed by atoms with Crippen molar-refractivity contribution in [1.29, 1.82) is 0 Å². The van der Waals surface area contributed by atoms with Gasteiger partial charge in [0.25, 0.3) is 0 Å². The number of rotatable bonds is 4. The molecule has 0 fully saturated rings. The van der Waals surface area contributed by atoms with Crippen LogP contribution in [-0.4, -0.2) is 15.0 Å². The van der Waals surface area contributed by atoms with E-state index >= 15 is 0 Å². The molecule has 0 radical (unpaired) electrons. The Morgan fingerprint density at radius 3 is 2.29 bits per heavy atom. The summed E-state index contributed by atoms with van der Waals surface area (Å²) in [7, 11) is -3.57. The monoisotopic (exact) mass is 232 g/mol. The largest absolute Gasteiger partial charge is 0.266 e. The second-order valence-electron chi connectivity index (χ2n) is 2.85. The fraction of sp³-hybridized carbons (Fsp3) is 0.250. The Labute approximate surface area is 89.1 Å². The SMILES string of the molecule is NS(=O)(=O)c1ccc(CCNS)cc1. The van der Waals surface area contributed by atoms with Gasteiger partial charge in [0, 0.05) is 6.54 Å². The Morgan fingerprint density at radius 2 is 1.86 bits per heavy atom. The first-order valence-electron chi connectivity index (χ1n) is 4.03. The summed E-state index contributed by atoms with van der Waals surface area (Å²) < 4.78 is 24.5. The Bertz CT molecular complexity index is 386. The van der Waals surface area contributed by atoms with E-state index in [1.807, 2.05) is 0 Å². The van der Waals surface area contributed by atoms with E-state index in [9.17, 15) is 8.42 Å². The highest BCUT2D eigenvalue weighted by molar-refractivity contribution is 7.89. The van der Waals surface area contributed by atoms with Gasteiger partial charge in [-0.3, -0.25) is 4.72 Å². The van der Waals surface area contributed by atoms with Crippen LogP contribution in [0.2, 0.25) is 0 Å². The third-order valence-corrected chi connectivity index (χ3v) is 2.93. The van der Waals surface area contributed by atoms with Crippen LogP contribution >= 0.6 is 12.8 Å². The molecular formula is C8H12N2O2S2. The second kappa shape index (κ2) is 4.79. The molecule has 3 N–H and O–H groups in total. The molecule has 0 aliphatic carbocycles. The molecule has 0 aromatic heterocycles. The first-order valence-corrected chi connectivity index (χ1v) is 6.02. The van der Waals surface area contributed by atoms with Gasteiger partial charge in [0.15, 0.2) is 0 Å². The fourth-order valence-electron chi connectivity index (χ4n) is 1.05. The first-order chi connectivity index (χ1) is 6.54. The zero-order valence-electron chi connectivity index (χ0n) is 7.47. The quantitative estimate of drug-likeness (QED) is 0.654. The van der Waals surface area contributed by atoms with E-state index in [1.165, 1.54) is 12.1 Å². The van der Waals surface area contributed by atoms with Crippen molar-refractivity contribution in [2.75, 3.05) is 6.54 Å². The maximum atomic E-state index is 10.9. The van der Waals surface area contributed by atoms with E-state index < -0.39 is 10.0 Å². The van der Waals surface area contributed by atoms with Crippen LogP contribution in [0.5, 0.6) is 0 Å². The number of thiol groups is 1. The number of sulfonamides is 1.